The number of methoxy groups -OCH3 is 1. The summed E-state index contributed by atoms with van der Waals surface area (Å²) in [5, 5.41) is 4.01. The number of hydrogen-bond donors (Lipinski definition) is 1. The summed E-state index contributed by atoms with van der Waals surface area (Å²) < 4.78 is 9.81. The molecule has 7 heteroatoms. The fourth-order valence-electron chi connectivity index (χ4n) is 3.67. The molecule has 156 valence electrons. The van der Waals surface area contributed by atoms with Gasteiger partial charge in [-0.1, -0.05) is 42.5 Å². The van der Waals surface area contributed by atoms with E-state index >= 15 is 0 Å². The number of amides is 1. The van der Waals surface area contributed by atoms with Crippen LogP contribution < -0.4 is 15.0 Å². The number of benzene rings is 2. The highest BCUT2D eigenvalue weighted by Gasteiger charge is 2.26. The standard InChI is InChI=1S/C23H26N4O2S/c1-29-20-9-5-8-18(14-20)15-21-25-23(30-26-21)27-12-10-19(11-13-27)22(28)24-16-17-6-3-2-4-7-17/h2-9,14,19H,10-13,15-16H2,1H3,(H,24,28). The number of anilines is 1. The Hall–Kier alpha value is -2.93. The second-order valence-electron chi connectivity index (χ2n) is 7.49. The molecule has 2 aromatic carbocycles. The van der Waals surface area contributed by atoms with E-state index in [9.17, 15) is 4.79 Å². The average molecular weight is 423 g/mol. The Morgan fingerprint density at radius 2 is 1.90 bits per heavy atom. The van der Waals surface area contributed by atoms with Crippen molar-refractivity contribution in [2.45, 2.75) is 25.8 Å². The van der Waals surface area contributed by atoms with Crippen molar-refractivity contribution < 1.29 is 9.53 Å². The van der Waals surface area contributed by atoms with Crippen molar-refractivity contribution in [2.24, 2.45) is 5.92 Å². The van der Waals surface area contributed by atoms with Gasteiger partial charge in [-0.15, -0.1) is 0 Å². The maximum atomic E-state index is 12.5. The molecule has 1 aliphatic rings. The Kier molecular flexibility index (Phi) is 6.59. The molecule has 1 amide bonds. The molecule has 1 N–H and O–H groups in total. The summed E-state index contributed by atoms with van der Waals surface area (Å²) in [7, 11) is 1.67. The first-order chi connectivity index (χ1) is 14.7. The molecule has 30 heavy (non-hydrogen) atoms. The molecule has 0 aliphatic carbocycles. The number of nitrogens with zero attached hydrogens (tertiary/aromatic N) is 3. The Morgan fingerprint density at radius 1 is 1.13 bits per heavy atom. The van der Waals surface area contributed by atoms with E-state index < -0.39 is 0 Å². The maximum Gasteiger partial charge on any atom is 0.223 e. The van der Waals surface area contributed by atoms with E-state index in [4.69, 9.17) is 9.72 Å². The third-order valence-corrected chi connectivity index (χ3v) is 6.21. The van der Waals surface area contributed by atoms with Gasteiger partial charge in [0.2, 0.25) is 11.0 Å². The minimum absolute atomic E-state index is 0.0640. The summed E-state index contributed by atoms with van der Waals surface area (Å²) in [4.78, 5) is 19.5. The molecule has 1 aromatic heterocycles. The van der Waals surface area contributed by atoms with Crippen LogP contribution in [0.15, 0.2) is 54.6 Å². The molecule has 0 spiro atoms. The van der Waals surface area contributed by atoms with E-state index in [1.807, 2.05) is 48.5 Å². The van der Waals surface area contributed by atoms with Gasteiger partial charge in [0.1, 0.15) is 11.6 Å². The summed E-state index contributed by atoms with van der Waals surface area (Å²) in [5.74, 6) is 1.88. The van der Waals surface area contributed by atoms with Crippen molar-refractivity contribution in [1.29, 1.82) is 0 Å². The number of carbonyl (C=O) groups excluding carboxylic acids is 1. The quantitative estimate of drug-likeness (QED) is 0.629. The van der Waals surface area contributed by atoms with Gasteiger partial charge in [0.05, 0.1) is 7.11 Å². The van der Waals surface area contributed by atoms with Crippen molar-refractivity contribution in [3.05, 3.63) is 71.5 Å². The zero-order valence-electron chi connectivity index (χ0n) is 17.1. The van der Waals surface area contributed by atoms with E-state index in [0.29, 0.717) is 13.0 Å². The minimum atomic E-state index is 0.0640. The van der Waals surface area contributed by atoms with Gasteiger partial charge in [-0.25, -0.2) is 4.98 Å². The highest BCUT2D eigenvalue weighted by molar-refractivity contribution is 7.09. The molecule has 1 aliphatic heterocycles. The highest BCUT2D eigenvalue weighted by Crippen LogP contribution is 2.26. The highest BCUT2D eigenvalue weighted by atomic mass is 32.1. The third kappa shape index (κ3) is 5.16. The van der Waals surface area contributed by atoms with Crippen LogP contribution in [-0.2, 0) is 17.8 Å². The van der Waals surface area contributed by atoms with Crippen LogP contribution in [-0.4, -0.2) is 35.5 Å². The lowest BCUT2D eigenvalue weighted by Crippen LogP contribution is -2.40. The zero-order chi connectivity index (χ0) is 20.8. The molecule has 3 aromatic rings. The fourth-order valence-corrected chi connectivity index (χ4v) is 4.41. The first-order valence-electron chi connectivity index (χ1n) is 10.2. The predicted octanol–water partition coefficient (Wildman–Crippen LogP) is 3.67. The third-order valence-electron chi connectivity index (χ3n) is 5.40. The molecule has 4 rings (SSSR count). The van der Waals surface area contributed by atoms with Gasteiger partial charge >= 0.3 is 0 Å². The predicted molar refractivity (Wildman–Crippen MR) is 119 cm³/mol. The van der Waals surface area contributed by atoms with Crippen LogP contribution in [0.5, 0.6) is 5.75 Å². The van der Waals surface area contributed by atoms with Gasteiger partial charge in [-0.05, 0) is 36.1 Å². The van der Waals surface area contributed by atoms with E-state index in [2.05, 4.69) is 20.7 Å². The van der Waals surface area contributed by atoms with Crippen LogP contribution >= 0.6 is 11.5 Å². The van der Waals surface area contributed by atoms with Gasteiger partial charge < -0.3 is 15.0 Å². The summed E-state index contributed by atoms with van der Waals surface area (Å²) >= 11 is 1.44. The van der Waals surface area contributed by atoms with Crippen LogP contribution in [0.25, 0.3) is 0 Å². The van der Waals surface area contributed by atoms with Gasteiger partial charge in [-0.2, -0.15) is 4.37 Å². The maximum absolute atomic E-state index is 12.5. The van der Waals surface area contributed by atoms with Crippen LogP contribution in [0.1, 0.15) is 29.8 Å². The molecular formula is C23H26N4O2S. The molecule has 0 atom stereocenters. The monoisotopic (exact) mass is 422 g/mol. The van der Waals surface area contributed by atoms with Crippen molar-refractivity contribution in [2.75, 3.05) is 25.1 Å². The molecule has 0 bridgehead atoms. The summed E-state index contributed by atoms with van der Waals surface area (Å²) in [6, 6.07) is 18.0. The SMILES string of the molecule is COc1cccc(Cc2nsc(N3CCC(C(=O)NCc4ccccc4)CC3)n2)c1. The first kappa shape index (κ1) is 20.3. The lowest BCUT2D eigenvalue weighted by atomic mass is 9.96. The zero-order valence-corrected chi connectivity index (χ0v) is 17.9. The smallest absolute Gasteiger partial charge is 0.223 e. The summed E-state index contributed by atoms with van der Waals surface area (Å²) in [5.41, 5.74) is 2.26. The number of rotatable bonds is 7. The summed E-state index contributed by atoms with van der Waals surface area (Å²) in [6.07, 6.45) is 2.36. The molecule has 1 saturated heterocycles. The van der Waals surface area contributed by atoms with Crippen LogP contribution in [0, 0.1) is 5.92 Å². The van der Waals surface area contributed by atoms with Crippen molar-refractivity contribution in [1.82, 2.24) is 14.7 Å². The number of piperidine rings is 1. The largest absolute Gasteiger partial charge is 0.497 e. The van der Waals surface area contributed by atoms with Gasteiger partial charge in [0.15, 0.2) is 0 Å². The molecule has 1 fully saturated rings. The Bertz CT molecular complexity index is 968. The second-order valence-corrected chi connectivity index (χ2v) is 8.22. The molecule has 0 saturated carbocycles. The number of carbonyl (C=O) groups is 1. The number of nitrogens with one attached hydrogen (secondary N) is 1. The van der Waals surface area contributed by atoms with Crippen LogP contribution in [0.3, 0.4) is 0 Å². The average Bonchev–Trinajstić information content (AvgIpc) is 3.27. The van der Waals surface area contributed by atoms with E-state index in [0.717, 1.165) is 53.8 Å². The number of hydrogen-bond acceptors (Lipinski definition) is 6. The normalized spacial score (nSPS) is 14.5. The Morgan fingerprint density at radius 3 is 2.67 bits per heavy atom. The lowest BCUT2D eigenvalue weighted by Gasteiger charge is -2.30. The van der Waals surface area contributed by atoms with Crippen molar-refractivity contribution >= 4 is 22.6 Å². The molecule has 0 unspecified atom stereocenters. The first-order valence-corrected chi connectivity index (χ1v) is 11.0. The van der Waals surface area contributed by atoms with E-state index in [-0.39, 0.29) is 11.8 Å². The van der Waals surface area contributed by atoms with Gasteiger partial charge in [-0.3, -0.25) is 4.79 Å². The second kappa shape index (κ2) is 9.71. The Labute approximate surface area is 181 Å². The van der Waals surface area contributed by atoms with E-state index in [1.54, 1.807) is 7.11 Å². The van der Waals surface area contributed by atoms with Crippen LogP contribution in [0.2, 0.25) is 0 Å². The molecule has 6 nitrogen and oxygen atoms in total. The van der Waals surface area contributed by atoms with Gasteiger partial charge in [0, 0.05) is 43.5 Å². The number of aromatic nitrogens is 2. The lowest BCUT2D eigenvalue weighted by molar-refractivity contribution is -0.125. The molecular weight excluding hydrogens is 396 g/mol. The van der Waals surface area contributed by atoms with E-state index in [1.165, 1.54) is 11.5 Å². The molecule has 2 heterocycles. The topological polar surface area (TPSA) is 67.3 Å². The van der Waals surface area contributed by atoms with Crippen molar-refractivity contribution in [3.8, 4) is 5.75 Å². The Balaban J connectivity index is 1.27. The number of ether oxygens (including phenoxy) is 1. The fraction of sp³-hybridized carbons (Fsp3) is 0.348. The summed E-state index contributed by atoms with van der Waals surface area (Å²) in [6.45, 7) is 2.25. The molecule has 0 radical (unpaired) electrons. The van der Waals surface area contributed by atoms with Crippen LogP contribution in [0.4, 0.5) is 5.13 Å². The minimum Gasteiger partial charge on any atom is -0.497 e. The van der Waals surface area contributed by atoms with Gasteiger partial charge in [0.25, 0.3) is 0 Å². The van der Waals surface area contributed by atoms with Crippen molar-refractivity contribution in [3.63, 3.8) is 0 Å².